The molecule has 140 valence electrons. The number of hydrogen-bond donors (Lipinski definition) is 2. The molecule has 26 heavy (non-hydrogen) atoms. The molecule has 0 heterocycles. The van der Waals surface area contributed by atoms with E-state index in [-0.39, 0.29) is 6.03 Å². The van der Waals surface area contributed by atoms with Crippen LogP contribution in [0, 0.1) is 20.8 Å². The van der Waals surface area contributed by atoms with E-state index in [0.717, 1.165) is 16.8 Å². The van der Waals surface area contributed by atoms with Crippen LogP contribution in [0.3, 0.4) is 0 Å². The van der Waals surface area contributed by atoms with E-state index in [1.807, 2.05) is 32.9 Å². The highest BCUT2D eigenvalue weighted by Crippen LogP contribution is 2.27. The van der Waals surface area contributed by atoms with Crippen LogP contribution in [0.1, 0.15) is 16.7 Å². The molecule has 2 amide bonds. The van der Waals surface area contributed by atoms with Crippen LogP contribution in [0.2, 0.25) is 0 Å². The average Bonchev–Trinajstić information content (AvgIpc) is 2.61. The Morgan fingerprint density at radius 2 is 1.42 bits per heavy atom. The molecule has 0 aliphatic rings. The smallest absolute Gasteiger partial charge is 0.319 e. The molecule has 0 atom stereocenters. The Balaban J connectivity index is 1.84. The zero-order valence-electron chi connectivity index (χ0n) is 15.9. The molecule has 0 spiro atoms. The number of carbonyl (C=O) groups excluding carboxylic acids is 1. The third-order valence-corrected chi connectivity index (χ3v) is 3.90. The number of amides is 2. The Bertz CT molecular complexity index is 729. The molecule has 2 aromatic carbocycles. The van der Waals surface area contributed by atoms with Gasteiger partial charge in [-0.15, -0.1) is 0 Å². The first-order chi connectivity index (χ1) is 12.4. The number of urea groups is 1. The van der Waals surface area contributed by atoms with Gasteiger partial charge in [0.15, 0.2) is 0 Å². The van der Waals surface area contributed by atoms with Crippen molar-refractivity contribution in [2.45, 2.75) is 20.8 Å². The topological polar surface area (TPSA) is 68.8 Å². The van der Waals surface area contributed by atoms with Crippen LogP contribution in [0.25, 0.3) is 0 Å². The van der Waals surface area contributed by atoms with E-state index in [9.17, 15) is 4.79 Å². The van der Waals surface area contributed by atoms with E-state index in [0.29, 0.717) is 30.4 Å². The second-order valence-electron chi connectivity index (χ2n) is 6.05. The van der Waals surface area contributed by atoms with Crippen LogP contribution in [-0.4, -0.2) is 33.4 Å². The van der Waals surface area contributed by atoms with Gasteiger partial charge in [-0.25, -0.2) is 4.79 Å². The number of methoxy groups -OCH3 is 2. The van der Waals surface area contributed by atoms with Crippen LogP contribution >= 0.6 is 0 Å². The van der Waals surface area contributed by atoms with E-state index in [2.05, 4.69) is 10.6 Å². The number of rotatable bonds is 7. The lowest BCUT2D eigenvalue weighted by molar-refractivity contribution is 0.247. The van der Waals surface area contributed by atoms with Gasteiger partial charge >= 0.3 is 6.03 Å². The lowest BCUT2D eigenvalue weighted by Gasteiger charge is -2.14. The molecule has 0 aliphatic heterocycles. The van der Waals surface area contributed by atoms with Gasteiger partial charge in [0.1, 0.15) is 23.9 Å². The lowest BCUT2D eigenvalue weighted by Crippen LogP contribution is -2.32. The van der Waals surface area contributed by atoms with Gasteiger partial charge in [0, 0.05) is 23.9 Å². The summed E-state index contributed by atoms with van der Waals surface area (Å²) in [5, 5.41) is 5.69. The minimum atomic E-state index is -0.258. The summed E-state index contributed by atoms with van der Waals surface area (Å²) in [6, 6.07) is 9.13. The van der Waals surface area contributed by atoms with Crippen molar-refractivity contribution in [3.63, 3.8) is 0 Å². The molecule has 0 saturated carbocycles. The van der Waals surface area contributed by atoms with Crippen LogP contribution in [0.15, 0.2) is 30.3 Å². The molecule has 0 saturated heterocycles. The van der Waals surface area contributed by atoms with E-state index in [1.54, 1.807) is 32.4 Å². The Kier molecular flexibility index (Phi) is 6.72. The van der Waals surface area contributed by atoms with Crippen LogP contribution < -0.4 is 24.8 Å². The van der Waals surface area contributed by atoms with Crippen molar-refractivity contribution in [3.8, 4) is 17.2 Å². The zero-order chi connectivity index (χ0) is 19.1. The van der Waals surface area contributed by atoms with Crippen molar-refractivity contribution in [3.05, 3.63) is 47.0 Å². The molecular formula is C20H26N2O4. The maximum atomic E-state index is 12.1. The number of aryl methyl sites for hydroxylation is 3. The van der Waals surface area contributed by atoms with E-state index in [1.165, 1.54) is 5.56 Å². The highest BCUT2D eigenvalue weighted by atomic mass is 16.5. The fourth-order valence-electron chi connectivity index (χ4n) is 2.73. The van der Waals surface area contributed by atoms with Gasteiger partial charge in [0.25, 0.3) is 0 Å². The minimum Gasteiger partial charge on any atom is -0.496 e. The van der Waals surface area contributed by atoms with Gasteiger partial charge in [-0.1, -0.05) is 17.7 Å². The monoisotopic (exact) mass is 358 g/mol. The molecule has 0 bridgehead atoms. The SMILES string of the molecule is COc1cc(OC)cc(OCCNC(=O)Nc2c(C)cc(C)cc2C)c1. The summed E-state index contributed by atoms with van der Waals surface area (Å²) in [7, 11) is 3.17. The van der Waals surface area contributed by atoms with Gasteiger partial charge in [-0.05, 0) is 31.9 Å². The normalized spacial score (nSPS) is 10.2. The van der Waals surface area contributed by atoms with Gasteiger partial charge in [0.2, 0.25) is 0 Å². The average molecular weight is 358 g/mol. The molecule has 6 heteroatoms. The predicted molar refractivity (Wildman–Crippen MR) is 103 cm³/mol. The fraction of sp³-hybridized carbons (Fsp3) is 0.350. The van der Waals surface area contributed by atoms with Gasteiger partial charge < -0.3 is 24.8 Å². The van der Waals surface area contributed by atoms with Crippen LogP contribution in [0.4, 0.5) is 10.5 Å². The zero-order valence-corrected chi connectivity index (χ0v) is 15.9. The van der Waals surface area contributed by atoms with E-state index >= 15 is 0 Å². The van der Waals surface area contributed by atoms with E-state index < -0.39 is 0 Å². The molecular weight excluding hydrogens is 332 g/mol. The second kappa shape index (κ2) is 8.99. The quantitative estimate of drug-likeness (QED) is 0.738. The molecule has 2 aromatic rings. The van der Waals surface area contributed by atoms with E-state index in [4.69, 9.17) is 14.2 Å². The molecule has 6 nitrogen and oxygen atoms in total. The molecule has 2 N–H and O–H groups in total. The largest absolute Gasteiger partial charge is 0.496 e. The molecule has 0 aromatic heterocycles. The number of hydrogen-bond acceptors (Lipinski definition) is 4. The van der Waals surface area contributed by atoms with Crippen LogP contribution in [-0.2, 0) is 0 Å². The van der Waals surface area contributed by atoms with Crippen molar-refractivity contribution in [2.24, 2.45) is 0 Å². The van der Waals surface area contributed by atoms with Crippen molar-refractivity contribution < 1.29 is 19.0 Å². The first-order valence-corrected chi connectivity index (χ1v) is 8.41. The van der Waals surface area contributed by atoms with Gasteiger partial charge in [-0.2, -0.15) is 0 Å². The summed E-state index contributed by atoms with van der Waals surface area (Å²) in [5.41, 5.74) is 4.09. The van der Waals surface area contributed by atoms with Crippen molar-refractivity contribution >= 4 is 11.7 Å². The maximum absolute atomic E-state index is 12.1. The Labute approximate surface area is 154 Å². The Hall–Kier alpha value is -2.89. The van der Waals surface area contributed by atoms with Crippen molar-refractivity contribution in [2.75, 3.05) is 32.7 Å². The van der Waals surface area contributed by atoms with Crippen molar-refractivity contribution in [1.82, 2.24) is 5.32 Å². The second-order valence-corrected chi connectivity index (χ2v) is 6.05. The first kappa shape index (κ1) is 19.4. The molecule has 0 aliphatic carbocycles. The third-order valence-electron chi connectivity index (χ3n) is 3.90. The van der Waals surface area contributed by atoms with Crippen molar-refractivity contribution in [1.29, 1.82) is 0 Å². The summed E-state index contributed by atoms with van der Waals surface area (Å²) in [4.78, 5) is 12.1. The lowest BCUT2D eigenvalue weighted by atomic mass is 10.1. The molecule has 0 unspecified atom stereocenters. The number of nitrogens with one attached hydrogen (secondary N) is 2. The Morgan fingerprint density at radius 3 is 1.96 bits per heavy atom. The summed E-state index contributed by atoms with van der Waals surface area (Å²) >= 11 is 0. The number of carbonyl (C=O) groups is 1. The summed E-state index contributed by atoms with van der Waals surface area (Å²) < 4.78 is 16.1. The predicted octanol–water partition coefficient (Wildman–Crippen LogP) is 3.83. The number of anilines is 1. The maximum Gasteiger partial charge on any atom is 0.319 e. The molecule has 0 radical (unpaired) electrons. The third kappa shape index (κ3) is 5.31. The first-order valence-electron chi connectivity index (χ1n) is 8.41. The molecule has 2 rings (SSSR count). The Morgan fingerprint density at radius 1 is 0.885 bits per heavy atom. The standard InChI is InChI=1S/C20H26N2O4/c1-13-8-14(2)19(15(3)9-13)22-20(23)21-6-7-26-18-11-16(24-4)10-17(12-18)25-5/h8-12H,6-7H2,1-5H3,(H2,21,22,23). The number of ether oxygens (including phenoxy) is 3. The van der Waals surface area contributed by atoms with Crippen LogP contribution in [0.5, 0.6) is 17.2 Å². The minimum absolute atomic E-state index is 0.258. The summed E-state index contributed by atoms with van der Waals surface area (Å²) in [6.07, 6.45) is 0. The highest BCUT2D eigenvalue weighted by molar-refractivity contribution is 5.91. The summed E-state index contributed by atoms with van der Waals surface area (Å²) in [6.45, 7) is 6.70. The molecule has 0 fully saturated rings. The van der Waals surface area contributed by atoms with Gasteiger partial charge in [0.05, 0.1) is 20.8 Å². The van der Waals surface area contributed by atoms with Gasteiger partial charge in [-0.3, -0.25) is 0 Å². The highest BCUT2D eigenvalue weighted by Gasteiger charge is 2.08. The fourth-order valence-corrected chi connectivity index (χ4v) is 2.73. The number of benzene rings is 2. The summed E-state index contributed by atoms with van der Waals surface area (Å²) in [5.74, 6) is 1.92.